The van der Waals surface area contributed by atoms with Crippen molar-refractivity contribution in [3.05, 3.63) is 63.9 Å². The van der Waals surface area contributed by atoms with E-state index in [0.29, 0.717) is 4.47 Å². The summed E-state index contributed by atoms with van der Waals surface area (Å²) in [5.41, 5.74) is 2.82. The number of hydrogen-bond acceptors (Lipinski definition) is 2. The average molecular weight is 363 g/mol. The molecule has 0 aliphatic carbocycles. The fraction of sp³-hybridized carbons (Fsp3) is 0.235. The Morgan fingerprint density at radius 1 is 1.23 bits per heavy atom. The molecule has 5 heteroatoms. The van der Waals surface area contributed by atoms with Crippen molar-refractivity contribution in [3.8, 4) is 0 Å². The maximum atomic E-state index is 13.7. The lowest BCUT2D eigenvalue weighted by molar-refractivity contribution is -0.117. The molecule has 114 valence electrons. The van der Waals surface area contributed by atoms with Crippen molar-refractivity contribution in [1.29, 1.82) is 0 Å². The number of carbonyl (C=O) groups is 1. The molecule has 3 nitrogen and oxygen atoms in total. The van der Waals surface area contributed by atoms with E-state index in [1.165, 1.54) is 17.2 Å². The van der Waals surface area contributed by atoms with Crippen molar-refractivity contribution in [1.82, 2.24) is 4.90 Å². The molecule has 0 radical (unpaired) electrons. The zero-order valence-electron chi connectivity index (χ0n) is 12.0. The van der Waals surface area contributed by atoms with Crippen LogP contribution in [0.5, 0.6) is 0 Å². The molecule has 1 aliphatic heterocycles. The van der Waals surface area contributed by atoms with E-state index in [9.17, 15) is 9.18 Å². The van der Waals surface area contributed by atoms with Crippen LogP contribution in [0.25, 0.3) is 0 Å². The summed E-state index contributed by atoms with van der Waals surface area (Å²) in [5, 5.41) is 2.63. The normalized spacial score (nSPS) is 14.5. The van der Waals surface area contributed by atoms with Crippen molar-refractivity contribution in [2.75, 3.05) is 18.4 Å². The maximum Gasteiger partial charge on any atom is 0.238 e. The number of carbonyl (C=O) groups excluding carboxylic acids is 1. The van der Waals surface area contributed by atoms with Gasteiger partial charge in [0.2, 0.25) is 5.91 Å². The highest BCUT2D eigenvalue weighted by Gasteiger charge is 2.18. The van der Waals surface area contributed by atoms with Gasteiger partial charge in [0.15, 0.2) is 0 Å². The molecule has 3 rings (SSSR count). The molecule has 2 aromatic carbocycles. The van der Waals surface area contributed by atoms with Gasteiger partial charge in [0.1, 0.15) is 5.82 Å². The topological polar surface area (TPSA) is 32.3 Å². The first-order valence-electron chi connectivity index (χ1n) is 7.16. The number of halogens is 2. The van der Waals surface area contributed by atoms with Gasteiger partial charge in [-0.05, 0) is 35.7 Å². The predicted octanol–water partition coefficient (Wildman–Crippen LogP) is 3.59. The van der Waals surface area contributed by atoms with Gasteiger partial charge in [-0.15, -0.1) is 0 Å². The second-order valence-electron chi connectivity index (χ2n) is 5.40. The minimum Gasteiger partial charge on any atom is -0.322 e. The number of rotatable bonds is 3. The summed E-state index contributed by atoms with van der Waals surface area (Å²) in [6, 6.07) is 12.9. The van der Waals surface area contributed by atoms with Gasteiger partial charge in [-0.25, -0.2) is 4.39 Å². The quantitative estimate of drug-likeness (QED) is 0.904. The van der Waals surface area contributed by atoms with Crippen molar-refractivity contribution in [3.63, 3.8) is 0 Å². The van der Waals surface area contributed by atoms with Crippen molar-refractivity contribution >= 4 is 27.5 Å². The van der Waals surface area contributed by atoms with Gasteiger partial charge in [-0.3, -0.25) is 9.69 Å². The number of amides is 1. The standard InChI is InChI=1S/C17H16BrFN2O/c18-14-5-6-16(15(19)9-14)20-17(22)11-21-8-7-12-3-1-2-4-13(12)10-21/h1-6,9H,7-8,10-11H2,(H,20,22). The molecule has 2 aromatic rings. The lowest BCUT2D eigenvalue weighted by Gasteiger charge is -2.28. The first-order chi connectivity index (χ1) is 10.6. The molecule has 0 fully saturated rings. The summed E-state index contributed by atoms with van der Waals surface area (Å²) < 4.78 is 14.4. The number of nitrogens with zero attached hydrogens (tertiary/aromatic N) is 1. The molecule has 1 aliphatic rings. The number of nitrogens with one attached hydrogen (secondary N) is 1. The Hall–Kier alpha value is -1.72. The second-order valence-corrected chi connectivity index (χ2v) is 6.32. The molecular weight excluding hydrogens is 347 g/mol. The summed E-state index contributed by atoms with van der Waals surface area (Å²) in [4.78, 5) is 14.2. The van der Waals surface area contributed by atoms with E-state index in [4.69, 9.17) is 0 Å². The van der Waals surface area contributed by atoms with Crippen LogP contribution in [0.15, 0.2) is 46.9 Å². The number of benzene rings is 2. The Kier molecular flexibility index (Phi) is 4.55. The highest BCUT2D eigenvalue weighted by atomic mass is 79.9. The SMILES string of the molecule is O=C(CN1CCc2ccccc2C1)Nc1ccc(Br)cc1F. The summed E-state index contributed by atoms with van der Waals surface area (Å²) in [6.07, 6.45) is 0.941. The van der Waals surface area contributed by atoms with Crippen LogP contribution in [0.4, 0.5) is 10.1 Å². The molecule has 0 atom stereocenters. The van der Waals surface area contributed by atoms with Gasteiger partial charge in [0, 0.05) is 17.6 Å². The van der Waals surface area contributed by atoms with Gasteiger partial charge in [-0.2, -0.15) is 0 Å². The van der Waals surface area contributed by atoms with E-state index in [1.54, 1.807) is 12.1 Å². The monoisotopic (exact) mass is 362 g/mol. The van der Waals surface area contributed by atoms with E-state index in [2.05, 4.69) is 38.3 Å². The highest BCUT2D eigenvalue weighted by Crippen LogP contribution is 2.20. The minimum absolute atomic E-state index is 0.194. The van der Waals surface area contributed by atoms with Crippen molar-refractivity contribution < 1.29 is 9.18 Å². The zero-order valence-corrected chi connectivity index (χ0v) is 13.6. The molecular formula is C17H16BrFN2O. The molecule has 0 unspecified atom stereocenters. The van der Waals surface area contributed by atoms with Crippen LogP contribution in [0.3, 0.4) is 0 Å². The highest BCUT2D eigenvalue weighted by molar-refractivity contribution is 9.10. The van der Waals surface area contributed by atoms with E-state index in [1.807, 2.05) is 12.1 Å². The van der Waals surface area contributed by atoms with Crippen molar-refractivity contribution in [2.45, 2.75) is 13.0 Å². The van der Waals surface area contributed by atoms with Crippen LogP contribution < -0.4 is 5.32 Å². The Morgan fingerprint density at radius 2 is 2.00 bits per heavy atom. The number of anilines is 1. The van der Waals surface area contributed by atoms with Gasteiger partial charge < -0.3 is 5.32 Å². The van der Waals surface area contributed by atoms with E-state index < -0.39 is 5.82 Å². The fourth-order valence-electron chi connectivity index (χ4n) is 2.67. The Bertz CT molecular complexity index is 705. The first kappa shape index (κ1) is 15.2. The Morgan fingerprint density at radius 3 is 2.77 bits per heavy atom. The Labute approximate surface area is 137 Å². The van der Waals surface area contributed by atoms with Gasteiger partial charge in [0.05, 0.1) is 12.2 Å². The van der Waals surface area contributed by atoms with Gasteiger partial charge in [0.25, 0.3) is 0 Å². The molecule has 1 amide bonds. The lowest BCUT2D eigenvalue weighted by Crippen LogP contribution is -2.37. The Balaban J connectivity index is 1.61. The maximum absolute atomic E-state index is 13.7. The molecule has 0 saturated heterocycles. The van der Waals surface area contributed by atoms with E-state index in [-0.39, 0.29) is 18.1 Å². The van der Waals surface area contributed by atoms with Crippen LogP contribution in [-0.2, 0) is 17.8 Å². The molecule has 0 bridgehead atoms. The van der Waals surface area contributed by atoms with E-state index >= 15 is 0 Å². The van der Waals surface area contributed by atoms with E-state index in [0.717, 1.165) is 19.5 Å². The van der Waals surface area contributed by atoms with Gasteiger partial charge >= 0.3 is 0 Å². The predicted molar refractivity (Wildman–Crippen MR) is 88.2 cm³/mol. The molecule has 1 N–H and O–H groups in total. The zero-order chi connectivity index (χ0) is 15.5. The van der Waals surface area contributed by atoms with Crippen LogP contribution in [0.2, 0.25) is 0 Å². The molecule has 0 aromatic heterocycles. The number of fused-ring (bicyclic) bond motifs is 1. The largest absolute Gasteiger partial charge is 0.322 e. The van der Waals surface area contributed by atoms with Gasteiger partial charge in [-0.1, -0.05) is 40.2 Å². The average Bonchev–Trinajstić information content (AvgIpc) is 2.50. The summed E-state index contributed by atoms with van der Waals surface area (Å²) in [7, 11) is 0. The summed E-state index contributed by atoms with van der Waals surface area (Å²) >= 11 is 3.20. The summed E-state index contributed by atoms with van der Waals surface area (Å²) in [6.45, 7) is 1.86. The molecule has 0 saturated carbocycles. The van der Waals surface area contributed by atoms with Crippen LogP contribution in [-0.4, -0.2) is 23.9 Å². The first-order valence-corrected chi connectivity index (χ1v) is 7.95. The third-order valence-corrected chi connectivity index (χ3v) is 4.28. The third kappa shape index (κ3) is 3.54. The minimum atomic E-state index is -0.438. The van der Waals surface area contributed by atoms with Crippen LogP contribution in [0.1, 0.15) is 11.1 Å². The summed E-state index contributed by atoms with van der Waals surface area (Å²) in [5.74, 6) is -0.632. The molecule has 22 heavy (non-hydrogen) atoms. The number of hydrogen-bond donors (Lipinski definition) is 1. The molecule has 1 heterocycles. The van der Waals surface area contributed by atoms with Crippen LogP contribution >= 0.6 is 15.9 Å². The molecule has 0 spiro atoms. The smallest absolute Gasteiger partial charge is 0.238 e. The lowest BCUT2D eigenvalue weighted by atomic mass is 10.00. The van der Waals surface area contributed by atoms with Crippen molar-refractivity contribution in [2.24, 2.45) is 0 Å². The van der Waals surface area contributed by atoms with Crippen LogP contribution in [0, 0.1) is 5.82 Å². The fourth-order valence-corrected chi connectivity index (χ4v) is 3.01. The third-order valence-electron chi connectivity index (χ3n) is 3.78. The second kappa shape index (κ2) is 6.58.